The molecule has 1 amide bonds. The smallest absolute Gasteiger partial charge is 0.287 e. The molecule has 1 aromatic carbocycles. The van der Waals surface area contributed by atoms with Crippen LogP contribution in [0.1, 0.15) is 22.3 Å². The summed E-state index contributed by atoms with van der Waals surface area (Å²) in [5.74, 6) is -0.597. The van der Waals surface area contributed by atoms with Crippen LogP contribution >= 0.6 is 11.3 Å². The van der Waals surface area contributed by atoms with E-state index in [0.717, 1.165) is 16.2 Å². The quantitative estimate of drug-likeness (QED) is 0.906. The molecule has 0 atom stereocenters. The van der Waals surface area contributed by atoms with Gasteiger partial charge in [-0.2, -0.15) is 0 Å². The maximum absolute atomic E-state index is 12.4. The topological polar surface area (TPSA) is 79.4 Å². The van der Waals surface area contributed by atoms with Gasteiger partial charge in [-0.1, -0.05) is 18.2 Å². The molecule has 0 fully saturated rings. The first-order valence-corrected chi connectivity index (χ1v) is 9.31. The van der Waals surface area contributed by atoms with Gasteiger partial charge in [-0.05, 0) is 26.0 Å². The van der Waals surface area contributed by atoms with Crippen LogP contribution in [0.4, 0.5) is 10.8 Å². The van der Waals surface area contributed by atoms with E-state index >= 15 is 0 Å². The van der Waals surface area contributed by atoms with Crippen molar-refractivity contribution in [3.8, 4) is 0 Å². The third-order valence-electron chi connectivity index (χ3n) is 2.94. The highest BCUT2D eigenvalue weighted by Gasteiger charge is 2.26. The number of carbonyl (C=O) groups is 1. The molecule has 0 spiro atoms. The lowest BCUT2D eigenvalue weighted by Crippen LogP contribution is -2.36. The van der Waals surface area contributed by atoms with Crippen molar-refractivity contribution in [1.82, 2.24) is 9.29 Å². The highest BCUT2D eigenvalue weighted by Crippen LogP contribution is 2.26. The zero-order valence-corrected chi connectivity index (χ0v) is 14.2. The number of hydrogen-bond acceptors (Lipinski definition) is 6. The summed E-state index contributed by atoms with van der Waals surface area (Å²) in [6.45, 7) is 3.44. The molecule has 1 aromatic heterocycles. The highest BCUT2D eigenvalue weighted by molar-refractivity contribution is 7.88. The first kappa shape index (κ1) is 16.4. The Morgan fingerprint density at radius 3 is 2.50 bits per heavy atom. The van der Waals surface area contributed by atoms with Crippen LogP contribution in [-0.2, 0) is 10.0 Å². The average molecular weight is 339 g/mol. The lowest BCUT2D eigenvalue weighted by atomic mass is 10.3. The van der Waals surface area contributed by atoms with Crippen LogP contribution < -0.4 is 5.32 Å². The average Bonchev–Trinajstić information content (AvgIpc) is 2.79. The van der Waals surface area contributed by atoms with Gasteiger partial charge >= 0.3 is 0 Å². The lowest BCUT2D eigenvalue weighted by molar-refractivity contribution is 0.0862. The number of rotatable bonds is 5. The predicted octanol–water partition coefficient (Wildman–Crippen LogP) is 2.62. The van der Waals surface area contributed by atoms with Crippen molar-refractivity contribution in [3.63, 3.8) is 0 Å². The van der Waals surface area contributed by atoms with E-state index < -0.39 is 15.9 Å². The first-order chi connectivity index (χ1) is 10.3. The Bertz CT molecular complexity index is 770. The van der Waals surface area contributed by atoms with Gasteiger partial charge in [-0.15, -0.1) is 11.3 Å². The minimum absolute atomic E-state index is 0.0794. The number of sulfonamides is 1. The predicted molar refractivity (Wildman–Crippen MR) is 88.1 cm³/mol. The summed E-state index contributed by atoms with van der Waals surface area (Å²) in [7, 11) is -3.60. The number of amides is 1. The van der Waals surface area contributed by atoms with E-state index in [9.17, 15) is 13.2 Å². The second-order valence-electron chi connectivity index (χ2n) is 4.65. The van der Waals surface area contributed by atoms with Crippen LogP contribution in [0.3, 0.4) is 0 Å². The van der Waals surface area contributed by atoms with E-state index in [-0.39, 0.29) is 12.2 Å². The Balaban J connectivity index is 2.28. The number of para-hydroxylation sites is 1. The fourth-order valence-electron chi connectivity index (χ4n) is 1.94. The molecule has 2 rings (SSSR count). The number of anilines is 2. The molecule has 0 bridgehead atoms. The maximum atomic E-state index is 12.4. The van der Waals surface area contributed by atoms with Gasteiger partial charge < -0.3 is 5.32 Å². The van der Waals surface area contributed by atoms with E-state index in [1.54, 1.807) is 13.8 Å². The van der Waals surface area contributed by atoms with Crippen molar-refractivity contribution in [2.45, 2.75) is 13.8 Å². The Labute approximate surface area is 133 Å². The van der Waals surface area contributed by atoms with Gasteiger partial charge in [0.25, 0.3) is 5.91 Å². The lowest BCUT2D eigenvalue weighted by Gasteiger charge is -2.17. The minimum Gasteiger partial charge on any atom is -0.332 e. The Morgan fingerprint density at radius 1 is 1.32 bits per heavy atom. The van der Waals surface area contributed by atoms with Crippen molar-refractivity contribution in [2.24, 2.45) is 0 Å². The van der Waals surface area contributed by atoms with Crippen molar-refractivity contribution >= 4 is 38.1 Å². The number of nitrogens with one attached hydrogen (secondary N) is 1. The van der Waals surface area contributed by atoms with Gasteiger partial charge in [0.1, 0.15) is 5.69 Å². The molecule has 1 heterocycles. The summed E-state index contributed by atoms with van der Waals surface area (Å²) in [4.78, 5) is 17.3. The molecule has 0 unspecified atom stereocenters. The minimum atomic E-state index is -3.60. The van der Waals surface area contributed by atoms with Crippen LogP contribution in [0, 0.1) is 6.92 Å². The summed E-state index contributed by atoms with van der Waals surface area (Å²) < 4.78 is 24.1. The fourth-order valence-corrected chi connectivity index (χ4v) is 3.62. The van der Waals surface area contributed by atoms with Gasteiger partial charge in [0.15, 0.2) is 5.13 Å². The van der Waals surface area contributed by atoms with Crippen LogP contribution in [0.25, 0.3) is 0 Å². The molecular formula is C14H17N3O3S2. The second-order valence-corrected chi connectivity index (χ2v) is 7.76. The van der Waals surface area contributed by atoms with E-state index in [2.05, 4.69) is 10.3 Å². The molecule has 0 aliphatic carbocycles. The van der Waals surface area contributed by atoms with Gasteiger partial charge in [-0.3, -0.25) is 4.79 Å². The van der Waals surface area contributed by atoms with Crippen LogP contribution in [0.15, 0.2) is 30.3 Å². The first-order valence-electron chi connectivity index (χ1n) is 6.64. The number of aryl methyl sites for hydroxylation is 1. The normalized spacial score (nSPS) is 11.2. The maximum Gasteiger partial charge on any atom is 0.287 e. The van der Waals surface area contributed by atoms with Crippen LogP contribution in [-0.4, -0.2) is 36.4 Å². The SMILES string of the molecule is CCN(C(=O)c1nc(Nc2ccccc2)sc1C)S(C)(=O)=O. The van der Waals surface area contributed by atoms with Gasteiger partial charge in [-0.25, -0.2) is 17.7 Å². The molecular weight excluding hydrogens is 322 g/mol. The summed E-state index contributed by atoms with van der Waals surface area (Å²) in [5, 5.41) is 3.66. The summed E-state index contributed by atoms with van der Waals surface area (Å²) in [6.07, 6.45) is 1.01. The van der Waals surface area contributed by atoms with E-state index in [0.29, 0.717) is 10.0 Å². The number of aromatic nitrogens is 1. The molecule has 2 aromatic rings. The van der Waals surface area contributed by atoms with E-state index in [1.807, 2.05) is 30.3 Å². The summed E-state index contributed by atoms with van der Waals surface area (Å²) in [6, 6.07) is 9.44. The molecule has 0 radical (unpaired) electrons. The zero-order chi connectivity index (χ0) is 16.3. The van der Waals surface area contributed by atoms with Crippen LogP contribution in [0.5, 0.6) is 0 Å². The van der Waals surface area contributed by atoms with E-state index in [1.165, 1.54) is 11.3 Å². The molecule has 0 saturated heterocycles. The summed E-state index contributed by atoms with van der Waals surface area (Å²) in [5.41, 5.74) is 1.02. The Kier molecular flexibility index (Phi) is 4.82. The van der Waals surface area contributed by atoms with Crippen molar-refractivity contribution in [1.29, 1.82) is 0 Å². The molecule has 0 aliphatic rings. The molecule has 22 heavy (non-hydrogen) atoms. The number of thiazole rings is 1. The second kappa shape index (κ2) is 6.45. The molecule has 6 nitrogen and oxygen atoms in total. The van der Waals surface area contributed by atoms with Crippen molar-refractivity contribution in [2.75, 3.05) is 18.1 Å². The van der Waals surface area contributed by atoms with Crippen molar-refractivity contribution in [3.05, 3.63) is 40.9 Å². The third-order valence-corrected chi connectivity index (χ3v) is 5.05. The summed E-state index contributed by atoms with van der Waals surface area (Å²) >= 11 is 1.31. The number of hydrogen-bond donors (Lipinski definition) is 1. The highest BCUT2D eigenvalue weighted by atomic mass is 32.2. The Morgan fingerprint density at radius 2 is 1.95 bits per heavy atom. The van der Waals surface area contributed by atoms with Gasteiger partial charge in [0.05, 0.1) is 6.26 Å². The molecule has 1 N–H and O–H groups in total. The monoisotopic (exact) mass is 339 g/mol. The largest absolute Gasteiger partial charge is 0.332 e. The fraction of sp³-hybridized carbons (Fsp3) is 0.286. The number of benzene rings is 1. The number of nitrogens with zero attached hydrogens (tertiary/aromatic N) is 2. The zero-order valence-electron chi connectivity index (χ0n) is 12.5. The van der Waals surface area contributed by atoms with Gasteiger partial charge in [0.2, 0.25) is 10.0 Å². The molecule has 8 heteroatoms. The molecule has 118 valence electrons. The van der Waals surface area contributed by atoms with Crippen LogP contribution in [0.2, 0.25) is 0 Å². The van der Waals surface area contributed by atoms with E-state index in [4.69, 9.17) is 0 Å². The Hall–Kier alpha value is -1.93. The van der Waals surface area contributed by atoms with Crippen molar-refractivity contribution < 1.29 is 13.2 Å². The number of carbonyl (C=O) groups excluding carboxylic acids is 1. The molecule has 0 aliphatic heterocycles. The standard InChI is InChI=1S/C14H17N3O3S2/c1-4-17(22(3,19)20)13(18)12-10(2)21-14(16-12)15-11-8-6-5-7-9-11/h5-9H,4H2,1-3H3,(H,15,16). The third kappa shape index (κ3) is 3.63. The molecule has 0 saturated carbocycles. The van der Waals surface area contributed by atoms with Gasteiger partial charge in [0, 0.05) is 17.1 Å².